The SMILES string of the molecule is Cn1cc(C(N)CSc2ccc(Cl)cc2)cn1. The first-order valence-corrected chi connectivity index (χ1v) is 6.64. The monoisotopic (exact) mass is 267 g/mol. The van der Waals surface area contributed by atoms with Crippen molar-refractivity contribution in [3.05, 3.63) is 47.2 Å². The van der Waals surface area contributed by atoms with Crippen LogP contribution in [0.25, 0.3) is 0 Å². The average Bonchev–Trinajstić information content (AvgIpc) is 2.75. The van der Waals surface area contributed by atoms with Gasteiger partial charge in [-0.05, 0) is 24.3 Å². The lowest BCUT2D eigenvalue weighted by atomic mass is 10.2. The van der Waals surface area contributed by atoms with Crippen LogP contribution in [0.1, 0.15) is 11.6 Å². The lowest BCUT2D eigenvalue weighted by Crippen LogP contribution is -2.12. The molecule has 2 aromatic rings. The van der Waals surface area contributed by atoms with Crippen molar-refractivity contribution in [3.8, 4) is 0 Å². The highest BCUT2D eigenvalue weighted by Gasteiger charge is 2.08. The van der Waals surface area contributed by atoms with Crippen LogP contribution in [0.3, 0.4) is 0 Å². The van der Waals surface area contributed by atoms with Crippen molar-refractivity contribution in [2.75, 3.05) is 5.75 Å². The summed E-state index contributed by atoms with van der Waals surface area (Å²) < 4.78 is 1.77. The van der Waals surface area contributed by atoms with Crippen LogP contribution >= 0.6 is 23.4 Å². The Labute approximate surface area is 110 Å². The molecular formula is C12H14ClN3S. The maximum absolute atomic E-state index is 6.09. The summed E-state index contributed by atoms with van der Waals surface area (Å²) in [6.45, 7) is 0. The van der Waals surface area contributed by atoms with Gasteiger partial charge in [0.05, 0.1) is 6.20 Å². The number of nitrogens with two attached hydrogens (primary N) is 1. The molecule has 1 unspecified atom stereocenters. The van der Waals surface area contributed by atoms with Crippen LogP contribution in [0.15, 0.2) is 41.6 Å². The molecule has 1 aromatic carbocycles. The van der Waals surface area contributed by atoms with Crippen LogP contribution in [0, 0.1) is 0 Å². The summed E-state index contributed by atoms with van der Waals surface area (Å²) in [5.41, 5.74) is 7.15. The number of hydrogen-bond acceptors (Lipinski definition) is 3. The van der Waals surface area contributed by atoms with Crippen molar-refractivity contribution in [3.63, 3.8) is 0 Å². The summed E-state index contributed by atoms with van der Waals surface area (Å²) in [5.74, 6) is 0.827. The van der Waals surface area contributed by atoms with E-state index in [2.05, 4.69) is 5.10 Å². The first kappa shape index (κ1) is 12.5. The molecule has 5 heteroatoms. The molecule has 3 nitrogen and oxygen atoms in total. The normalized spacial score (nSPS) is 12.6. The van der Waals surface area contributed by atoms with Crippen LogP contribution in [-0.4, -0.2) is 15.5 Å². The Bertz CT molecular complexity index is 481. The minimum absolute atomic E-state index is 0.00405. The van der Waals surface area contributed by atoms with Crippen molar-refractivity contribution in [1.29, 1.82) is 0 Å². The second-order valence-corrected chi connectivity index (χ2v) is 5.35. The fourth-order valence-electron chi connectivity index (χ4n) is 1.44. The summed E-state index contributed by atoms with van der Waals surface area (Å²) in [5, 5.41) is 4.87. The standard InChI is InChI=1S/C12H14ClN3S/c1-16-7-9(6-15-16)12(14)8-17-11-4-2-10(13)3-5-11/h2-7,12H,8,14H2,1H3. The quantitative estimate of drug-likeness (QED) is 0.867. The van der Waals surface area contributed by atoms with E-state index in [0.29, 0.717) is 0 Å². The number of rotatable bonds is 4. The van der Waals surface area contributed by atoms with Gasteiger partial charge in [-0.2, -0.15) is 5.10 Å². The molecule has 0 fully saturated rings. The molecule has 2 N–H and O–H groups in total. The highest BCUT2D eigenvalue weighted by atomic mass is 35.5. The Morgan fingerprint density at radius 1 is 1.41 bits per heavy atom. The summed E-state index contributed by atoms with van der Waals surface area (Å²) in [7, 11) is 1.89. The predicted octanol–water partition coefficient (Wildman–Crippen LogP) is 2.87. The van der Waals surface area contributed by atoms with E-state index in [4.69, 9.17) is 17.3 Å². The van der Waals surface area contributed by atoms with Gasteiger partial charge >= 0.3 is 0 Å². The molecule has 17 heavy (non-hydrogen) atoms. The molecule has 1 heterocycles. The number of nitrogens with zero attached hydrogens (tertiary/aromatic N) is 2. The van der Waals surface area contributed by atoms with Gasteiger partial charge in [0.2, 0.25) is 0 Å². The van der Waals surface area contributed by atoms with Crippen molar-refractivity contribution in [2.24, 2.45) is 12.8 Å². The minimum Gasteiger partial charge on any atom is -0.323 e. The van der Waals surface area contributed by atoms with E-state index >= 15 is 0 Å². The summed E-state index contributed by atoms with van der Waals surface area (Å²) in [4.78, 5) is 1.17. The molecule has 0 radical (unpaired) electrons. The van der Waals surface area contributed by atoms with E-state index in [1.807, 2.05) is 43.7 Å². The number of thioether (sulfide) groups is 1. The van der Waals surface area contributed by atoms with E-state index in [0.717, 1.165) is 16.3 Å². The van der Waals surface area contributed by atoms with E-state index in [-0.39, 0.29) is 6.04 Å². The third-order valence-electron chi connectivity index (χ3n) is 2.40. The molecule has 0 bridgehead atoms. The Balaban J connectivity index is 1.92. The highest BCUT2D eigenvalue weighted by molar-refractivity contribution is 7.99. The zero-order chi connectivity index (χ0) is 12.3. The van der Waals surface area contributed by atoms with Gasteiger partial charge in [0.1, 0.15) is 0 Å². The van der Waals surface area contributed by atoms with Gasteiger partial charge in [-0.3, -0.25) is 4.68 Å². The van der Waals surface area contributed by atoms with E-state index in [9.17, 15) is 0 Å². The van der Waals surface area contributed by atoms with Crippen LogP contribution < -0.4 is 5.73 Å². The van der Waals surface area contributed by atoms with Crippen molar-refractivity contribution >= 4 is 23.4 Å². The zero-order valence-electron chi connectivity index (χ0n) is 9.51. The largest absolute Gasteiger partial charge is 0.323 e. The smallest absolute Gasteiger partial charge is 0.0537 e. The minimum atomic E-state index is 0.00405. The van der Waals surface area contributed by atoms with Crippen molar-refractivity contribution in [2.45, 2.75) is 10.9 Å². The first-order valence-electron chi connectivity index (χ1n) is 5.27. The number of hydrogen-bond donors (Lipinski definition) is 1. The van der Waals surface area contributed by atoms with E-state index < -0.39 is 0 Å². The number of benzene rings is 1. The molecule has 1 atom stereocenters. The lowest BCUT2D eigenvalue weighted by Gasteiger charge is -2.08. The first-order chi connectivity index (χ1) is 8.15. The third kappa shape index (κ3) is 3.49. The Hall–Kier alpha value is -0.970. The van der Waals surface area contributed by atoms with Crippen molar-refractivity contribution < 1.29 is 0 Å². The molecular weight excluding hydrogens is 254 g/mol. The molecule has 2 rings (SSSR count). The fourth-order valence-corrected chi connectivity index (χ4v) is 2.46. The van der Waals surface area contributed by atoms with Gasteiger partial charge in [-0.15, -0.1) is 11.8 Å². The maximum atomic E-state index is 6.09. The van der Waals surface area contributed by atoms with Gasteiger partial charge in [0.15, 0.2) is 0 Å². The van der Waals surface area contributed by atoms with Crippen LogP contribution in [0.5, 0.6) is 0 Å². The Morgan fingerprint density at radius 2 is 2.12 bits per heavy atom. The zero-order valence-corrected chi connectivity index (χ0v) is 11.1. The predicted molar refractivity (Wildman–Crippen MR) is 72.3 cm³/mol. The van der Waals surface area contributed by atoms with Gasteiger partial charge in [-0.25, -0.2) is 0 Å². The van der Waals surface area contributed by atoms with Gasteiger partial charge in [0, 0.05) is 40.5 Å². The van der Waals surface area contributed by atoms with Gasteiger partial charge in [-0.1, -0.05) is 11.6 Å². The van der Waals surface area contributed by atoms with Crippen LogP contribution in [0.4, 0.5) is 0 Å². The molecule has 0 aliphatic carbocycles. The van der Waals surface area contributed by atoms with Gasteiger partial charge in [0.25, 0.3) is 0 Å². The molecule has 90 valence electrons. The summed E-state index contributed by atoms with van der Waals surface area (Å²) in [6, 6.07) is 7.79. The second-order valence-electron chi connectivity index (χ2n) is 3.82. The topological polar surface area (TPSA) is 43.8 Å². The molecule has 0 spiro atoms. The third-order valence-corrected chi connectivity index (χ3v) is 3.78. The number of aryl methyl sites for hydroxylation is 1. The molecule has 0 amide bonds. The Morgan fingerprint density at radius 3 is 2.71 bits per heavy atom. The molecule has 0 aliphatic heterocycles. The Kier molecular flexibility index (Phi) is 4.10. The molecule has 0 saturated heterocycles. The maximum Gasteiger partial charge on any atom is 0.0537 e. The fraction of sp³-hybridized carbons (Fsp3) is 0.250. The molecule has 1 aromatic heterocycles. The summed E-state index contributed by atoms with van der Waals surface area (Å²) >= 11 is 7.55. The van der Waals surface area contributed by atoms with Crippen LogP contribution in [0.2, 0.25) is 5.02 Å². The molecule has 0 aliphatic rings. The number of halogens is 1. The van der Waals surface area contributed by atoms with Crippen molar-refractivity contribution in [1.82, 2.24) is 9.78 Å². The molecule has 0 saturated carbocycles. The van der Waals surface area contributed by atoms with E-state index in [1.54, 1.807) is 16.4 Å². The van der Waals surface area contributed by atoms with E-state index in [1.165, 1.54) is 4.90 Å². The van der Waals surface area contributed by atoms with Gasteiger partial charge < -0.3 is 5.73 Å². The average molecular weight is 268 g/mol. The highest BCUT2D eigenvalue weighted by Crippen LogP contribution is 2.24. The second kappa shape index (κ2) is 5.58. The number of aromatic nitrogens is 2. The lowest BCUT2D eigenvalue weighted by molar-refractivity contribution is 0.763. The summed E-state index contributed by atoms with van der Waals surface area (Å²) in [6.07, 6.45) is 3.76. The van der Waals surface area contributed by atoms with Crippen LogP contribution in [-0.2, 0) is 7.05 Å².